The molecule has 0 fully saturated rings. The second-order valence-corrected chi connectivity index (χ2v) is 10.3. The van der Waals surface area contributed by atoms with E-state index in [1.165, 1.54) is 0 Å². The third-order valence-corrected chi connectivity index (χ3v) is 6.50. The summed E-state index contributed by atoms with van der Waals surface area (Å²) in [5.41, 5.74) is 4.08. The van der Waals surface area contributed by atoms with Crippen LogP contribution in [0.4, 0.5) is 4.79 Å². The molecule has 3 rings (SSSR count). The first-order chi connectivity index (χ1) is 16.1. The van der Waals surface area contributed by atoms with Gasteiger partial charge in [0.1, 0.15) is 28.5 Å². The van der Waals surface area contributed by atoms with Crippen LogP contribution in [0, 0.1) is 0 Å². The van der Waals surface area contributed by atoms with Crippen LogP contribution in [0.15, 0.2) is 48.5 Å². The number of alkyl carbamates (subject to hydrolysis) is 1. The Hall–Kier alpha value is -3.44. The molecule has 2 unspecified atom stereocenters. The highest BCUT2D eigenvalue weighted by Crippen LogP contribution is 2.44. The minimum atomic E-state index is -3.47. The van der Waals surface area contributed by atoms with E-state index in [1.54, 1.807) is 0 Å². The first-order valence-corrected chi connectivity index (χ1v) is 12.6. The van der Waals surface area contributed by atoms with Gasteiger partial charge < -0.3 is 25.6 Å². The summed E-state index contributed by atoms with van der Waals surface area (Å²) in [6.07, 6.45) is -0.276. The molecule has 2 aromatic carbocycles. The molecule has 0 saturated heterocycles. The van der Waals surface area contributed by atoms with Gasteiger partial charge in [-0.25, -0.2) is 18.0 Å². The van der Waals surface area contributed by atoms with E-state index < -0.39 is 52.3 Å². The summed E-state index contributed by atoms with van der Waals surface area (Å²) < 4.78 is 28.5. The number of carbonyl (C=O) groups excluding carboxylic acids is 2. The standard InChI is InChI=1S/C23H26N2O8S/c1-34(31,32)11-10-19(21(27)24-20(12-26)22(28)29)25-23(30)33-13-18-16-8-4-2-6-14(16)15-7-3-5-9-17(15)18/h2-9,18-20,26H,10-13H2,1H3,(H,24,27)(H,25,30)(H,28,29). The lowest BCUT2D eigenvalue weighted by Crippen LogP contribution is -2.53. The number of fused-ring (bicyclic) bond motifs is 3. The minimum absolute atomic E-state index is 0.0192. The minimum Gasteiger partial charge on any atom is -0.480 e. The summed E-state index contributed by atoms with van der Waals surface area (Å²) in [4.78, 5) is 36.1. The van der Waals surface area contributed by atoms with Crippen molar-refractivity contribution in [2.75, 3.05) is 25.2 Å². The van der Waals surface area contributed by atoms with Gasteiger partial charge in [-0.15, -0.1) is 0 Å². The normalized spacial score (nSPS) is 14.4. The van der Waals surface area contributed by atoms with Crippen LogP contribution >= 0.6 is 0 Å². The van der Waals surface area contributed by atoms with E-state index in [1.807, 2.05) is 48.5 Å². The van der Waals surface area contributed by atoms with Crippen molar-refractivity contribution in [3.63, 3.8) is 0 Å². The fraction of sp³-hybridized carbons (Fsp3) is 0.348. The van der Waals surface area contributed by atoms with Gasteiger partial charge in [-0.2, -0.15) is 0 Å². The molecular formula is C23H26N2O8S. The number of aliphatic hydroxyl groups excluding tert-OH is 1. The van der Waals surface area contributed by atoms with E-state index in [0.717, 1.165) is 28.5 Å². The Kier molecular flexibility index (Phi) is 7.90. The molecule has 182 valence electrons. The van der Waals surface area contributed by atoms with Crippen molar-refractivity contribution in [2.24, 2.45) is 0 Å². The van der Waals surface area contributed by atoms with Crippen LogP contribution in [-0.2, 0) is 24.2 Å². The summed E-state index contributed by atoms with van der Waals surface area (Å²) >= 11 is 0. The maximum absolute atomic E-state index is 12.5. The van der Waals surface area contributed by atoms with Crippen molar-refractivity contribution in [1.29, 1.82) is 0 Å². The predicted molar refractivity (Wildman–Crippen MR) is 123 cm³/mol. The van der Waals surface area contributed by atoms with Crippen LogP contribution < -0.4 is 10.6 Å². The highest BCUT2D eigenvalue weighted by molar-refractivity contribution is 7.90. The largest absolute Gasteiger partial charge is 0.480 e. The molecule has 2 atom stereocenters. The summed E-state index contributed by atoms with van der Waals surface area (Å²) in [5, 5.41) is 22.6. The Bertz CT molecular complexity index is 1140. The maximum atomic E-state index is 12.5. The van der Waals surface area contributed by atoms with E-state index in [9.17, 15) is 22.8 Å². The number of amides is 2. The Morgan fingerprint density at radius 2 is 1.53 bits per heavy atom. The lowest BCUT2D eigenvalue weighted by molar-refractivity contribution is -0.143. The van der Waals surface area contributed by atoms with Crippen LogP contribution in [0.1, 0.15) is 23.5 Å². The quantitative estimate of drug-likeness (QED) is 0.382. The summed E-state index contributed by atoms with van der Waals surface area (Å²) in [5.74, 6) is -3.06. The van der Waals surface area contributed by atoms with E-state index in [0.29, 0.717) is 0 Å². The number of aliphatic hydroxyl groups is 1. The maximum Gasteiger partial charge on any atom is 0.407 e. The number of carboxylic acid groups (broad SMARTS) is 1. The zero-order valence-electron chi connectivity index (χ0n) is 18.4. The Labute approximate surface area is 196 Å². The van der Waals surface area contributed by atoms with Crippen molar-refractivity contribution in [1.82, 2.24) is 10.6 Å². The van der Waals surface area contributed by atoms with Gasteiger partial charge in [-0.1, -0.05) is 48.5 Å². The average Bonchev–Trinajstić information content (AvgIpc) is 3.11. The molecular weight excluding hydrogens is 464 g/mol. The highest BCUT2D eigenvalue weighted by Gasteiger charge is 2.31. The van der Waals surface area contributed by atoms with Crippen LogP contribution in [0.25, 0.3) is 11.1 Å². The van der Waals surface area contributed by atoms with Gasteiger partial charge in [0, 0.05) is 12.2 Å². The van der Waals surface area contributed by atoms with Gasteiger partial charge in [0.05, 0.1) is 12.4 Å². The molecule has 1 aliphatic carbocycles. The van der Waals surface area contributed by atoms with E-state index >= 15 is 0 Å². The number of nitrogens with one attached hydrogen (secondary N) is 2. The third-order valence-electron chi connectivity index (χ3n) is 5.53. The fourth-order valence-corrected chi connectivity index (χ4v) is 4.50. The SMILES string of the molecule is CS(=O)(=O)CCC(NC(=O)OCC1c2ccccc2-c2ccccc21)C(=O)NC(CO)C(=O)O. The Morgan fingerprint density at radius 1 is 0.971 bits per heavy atom. The van der Waals surface area contributed by atoms with Crippen LogP contribution in [0.5, 0.6) is 0 Å². The Balaban J connectivity index is 1.69. The zero-order valence-corrected chi connectivity index (χ0v) is 19.2. The van der Waals surface area contributed by atoms with Gasteiger partial charge in [0.25, 0.3) is 0 Å². The molecule has 2 aromatic rings. The zero-order chi connectivity index (χ0) is 24.9. The molecule has 0 aliphatic heterocycles. The van der Waals surface area contributed by atoms with E-state index in [4.69, 9.17) is 14.9 Å². The smallest absolute Gasteiger partial charge is 0.407 e. The molecule has 34 heavy (non-hydrogen) atoms. The number of carbonyl (C=O) groups is 3. The number of carboxylic acids is 1. The molecule has 0 heterocycles. The molecule has 1 aliphatic rings. The lowest BCUT2D eigenvalue weighted by atomic mass is 9.98. The van der Waals surface area contributed by atoms with Crippen molar-refractivity contribution in [3.05, 3.63) is 59.7 Å². The topological polar surface area (TPSA) is 159 Å². The van der Waals surface area contributed by atoms with Gasteiger partial charge in [0.15, 0.2) is 0 Å². The molecule has 0 bridgehead atoms. The number of rotatable bonds is 10. The van der Waals surface area contributed by atoms with E-state index in [-0.39, 0.29) is 18.9 Å². The summed E-state index contributed by atoms with van der Waals surface area (Å²) in [7, 11) is -3.47. The summed E-state index contributed by atoms with van der Waals surface area (Å²) in [6.45, 7) is -0.889. The molecule has 11 heteroatoms. The fourth-order valence-electron chi connectivity index (χ4n) is 3.84. The number of hydrogen-bond acceptors (Lipinski definition) is 7. The second kappa shape index (κ2) is 10.7. The molecule has 0 radical (unpaired) electrons. The molecule has 4 N–H and O–H groups in total. The highest BCUT2D eigenvalue weighted by atomic mass is 32.2. The first kappa shape index (κ1) is 25.2. The third kappa shape index (κ3) is 6.12. The molecule has 0 saturated carbocycles. The van der Waals surface area contributed by atoms with Gasteiger partial charge in [-0.05, 0) is 28.7 Å². The van der Waals surface area contributed by atoms with Gasteiger partial charge in [-0.3, -0.25) is 4.79 Å². The van der Waals surface area contributed by atoms with Crippen molar-refractivity contribution in [2.45, 2.75) is 24.4 Å². The number of hydrogen-bond donors (Lipinski definition) is 4. The van der Waals surface area contributed by atoms with Crippen LogP contribution in [-0.4, -0.2) is 73.9 Å². The summed E-state index contributed by atoms with van der Waals surface area (Å²) in [6, 6.07) is 12.5. The molecule has 0 aromatic heterocycles. The van der Waals surface area contributed by atoms with Crippen molar-refractivity contribution in [3.8, 4) is 11.1 Å². The average molecular weight is 491 g/mol. The second-order valence-electron chi connectivity index (χ2n) is 8.02. The number of sulfone groups is 1. The first-order valence-electron chi connectivity index (χ1n) is 10.5. The molecule has 2 amide bonds. The predicted octanol–water partition coefficient (Wildman–Crippen LogP) is 0.890. The lowest BCUT2D eigenvalue weighted by Gasteiger charge is -2.21. The van der Waals surface area contributed by atoms with E-state index in [2.05, 4.69) is 10.6 Å². The van der Waals surface area contributed by atoms with Crippen molar-refractivity contribution >= 4 is 27.8 Å². The number of ether oxygens (including phenoxy) is 1. The van der Waals surface area contributed by atoms with Crippen LogP contribution in [0.2, 0.25) is 0 Å². The number of benzene rings is 2. The van der Waals surface area contributed by atoms with Crippen molar-refractivity contribution < 1.29 is 37.8 Å². The Morgan fingerprint density at radius 3 is 2.03 bits per heavy atom. The van der Waals surface area contributed by atoms with Crippen LogP contribution in [0.3, 0.4) is 0 Å². The van der Waals surface area contributed by atoms with Gasteiger partial charge in [0.2, 0.25) is 5.91 Å². The molecule has 10 nitrogen and oxygen atoms in total. The molecule has 0 spiro atoms. The number of aliphatic carboxylic acids is 1. The van der Waals surface area contributed by atoms with Gasteiger partial charge >= 0.3 is 12.1 Å². The monoisotopic (exact) mass is 490 g/mol.